The van der Waals surface area contributed by atoms with Crippen LogP contribution in [0.4, 0.5) is 5.69 Å². The van der Waals surface area contributed by atoms with E-state index >= 15 is 0 Å². The van der Waals surface area contributed by atoms with E-state index in [0.717, 1.165) is 30.5 Å². The number of thioether (sulfide) groups is 1. The predicted octanol–water partition coefficient (Wildman–Crippen LogP) is 6.19. The minimum Gasteiger partial charge on any atom is -0.325 e. The molecule has 1 aromatic carbocycles. The van der Waals surface area contributed by atoms with Crippen molar-refractivity contribution in [2.75, 3.05) is 5.32 Å². The lowest BCUT2D eigenvalue weighted by molar-refractivity contribution is -0.115. The van der Waals surface area contributed by atoms with Crippen molar-refractivity contribution in [2.45, 2.75) is 64.2 Å². The van der Waals surface area contributed by atoms with Gasteiger partial charge in [0.2, 0.25) is 5.91 Å². The summed E-state index contributed by atoms with van der Waals surface area (Å²) in [6.45, 7) is 10.6. The third kappa shape index (κ3) is 5.17. The third-order valence-electron chi connectivity index (χ3n) is 5.79. The van der Waals surface area contributed by atoms with Gasteiger partial charge in [-0.1, -0.05) is 50.2 Å². The standard InChI is InChI=1S/C24H28ClN3OS/c1-14-6-8-19(12-20(14)25)27-22(29)15(2)30-23-17(13-26)10-16-11-18(24(3,4)5)7-9-21(16)28-23/h6,8,10,12,15,18H,7,9,11H2,1-5H3,(H,27,29). The van der Waals surface area contributed by atoms with Crippen LogP contribution in [0.2, 0.25) is 5.02 Å². The molecule has 4 nitrogen and oxygen atoms in total. The van der Waals surface area contributed by atoms with E-state index in [1.807, 2.05) is 32.0 Å². The first-order chi connectivity index (χ1) is 14.1. The van der Waals surface area contributed by atoms with Crippen LogP contribution < -0.4 is 5.32 Å². The number of anilines is 1. The third-order valence-corrected chi connectivity index (χ3v) is 7.30. The number of amides is 1. The van der Waals surface area contributed by atoms with Crippen LogP contribution in [0.5, 0.6) is 0 Å². The monoisotopic (exact) mass is 441 g/mol. The lowest BCUT2D eigenvalue weighted by atomic mass is 9.71. The Bertz CT molecular complexity index is 1010. The van der Waals surface area contributed by atoms with Crippen LogP contribution in [0, 0.1) is 29.6 Å². The number of nitrogens with zero attached hydrogens (tertiary/aromatic N) is 2. The van der Waals surface area contributed by atoms with Gasteiger partial charge in [0.25, 0.3) is 0 Å². The fourth-order valence-corrected chi connectivity index (χ4v) is 4.77. The molecular formula is C24H28ClN3OS. The largest absolute Gasteiger partial charge is 0.325 e. The summed E-state index contributed by atoms with van der Waals surface area (Å²) >= 11 is 7.48. The van der Waals surface area contributed by atoms with Crippen LogP contribution in [0.25, 0.3) is 0 Å². The second kappa shape index (κ2) is 8.99. The molecule has 0 bridgehead atoms. The smallest absolute Gasteiger partial charge is 0.237 e. The first kappa shape index (κ1) is 22.7. The molecule has 0 saturated heterocycles. The summed E-state index contributed by atoms with van der Waals surface area (Å²) in [4.78, 5) is 17.5. The number of hydrogen-bond donors (Lipinski definition) is 1. The second-order valence-corrected chi connectivity index (χ2v) is 10.8. The lowest BCUT2D eigenvalue weighted by Gasteiger charge is -2.34. The Kier molecular flexibility index (Phi) is 6.79. The van der Waals surface area contributed by atoms with E-state index in [1.54, 1.807) is 6.07 Å². The topological polar surface area (TPSA) is 65.8 Å². The van der Waals surface area contributed by atoms with Crippen LogP contribution in [0.1, 0.15) is 56.5 Å². The van der Waals surface area contributed by atoms with Gasteiger partial charge in [0.15, 0.2) is 0 Å². The highest BCUT2D eigenvalue weighted by Gasteiger charge is 2.30. The normalized spacial score (nSPS) is 17.0. The van der Waals surface area contributed by atoms with Crippen molar-refractivity contribution >= 4 is 35.0 Å². The van der Waals surface area contributed by atoms with Crippen molar-refractivity contribution in [2.24, 2.45) is 11.3 Å². The maximum Gasteiger partial charge on any atom is 0.237 e. The van der Waals surface area contributed by atoms with Crippen LogP contribution >= 0.6 is 23.4 Å². The molecule has 1 N–H and O–H groups in total. The van der Waals surface area contributed by atoms with Gasteiger partial charge in [0.05, 0.1) is 10.8 Å². The van der Waals surface area contributed by atoms with Gasteiger partial charge in [-0.25, -0.2) is 4.98 Å². The first-order valence-corrected chi connectivity index (χ1v) is 11.5. The molecule has 0 radical (unpaired) electrons. The van der Waals surface area contributed by atoms with E-state index in [4.69, 9.17) is 16.6 Å². The number of pyridine rings is 1. The number of hydrogen-bond acceptors (Lipinski definition) is 4. The van der Waals surface area contributed by atoms with Crippen molar-refractivity contribution in [3.05, 3.63) is 51.7 Å². The summed E-state index contributed by atoms with van der Waals surface area (Å²) in [6.07, 6.45) is 2.97. The van der Waals surface area contributed by atoms with Crippen molar-refractivity contribution < 1.29 is 4.79 Å². The number of aryl methyl sites for hydroxylation is 2. The Balaban J connectivity index is 1.75. The van der Waals surface area contributed by atoms with E-state index in [9.17, 15) is 10.1 Å². The van der Waals surface area contributed by atoms with E-state index in [2.05, 4.69) is 32.2 Å². The summed E-state index contributed by atoms with van der Waals surface area (Å²) in [5.74, 6) is 0.444. The van der Waals surface area contributed by atoms with Gasteiger partial charge in [-0.15, -0.1) is 0 Å². The number of nitrogens with one attached hydrogen (secondary N) is 1. The number of fused-ring (bicyclic) bond motifs is 1. The summed E-state index contributed by atoms with van der Waals surface area (Å²) in [6, 6.07) is 9.71. The van der Waals surface area contributed by atoms with Crippen LogP contribution in [-0.4, -0.2) is 16.1 Å². The lowest BCUT2D eigenvalue weighted by Crippen LogP contribution is -2.27. The Morgan fingerprint density at radius 1 is 1.37 bits per heavy atom. The van der Waals surface area contributed by atoms with E-state index in [-0.39, 0.29) is 11.3 Å². The Morgan fingerprint density at radius 3 is 2.73 bits per heavy atom. The van der Waals surface area contributed by atoms with Crippen LogP contribution in [0.3, 0.4) is 0 Å². The molecule has 0 spiro atoms. The zero-order valence-corrected chi connectivity index (χ0v) is 19.7. The number of carbonyl (C=O) groups is 1. The zero-order chi connectivity index (χ0) is 22.1. The fourth-order valence-electron chi connectivity index (χ4n) is 3.69. The summed E-state index contributed by atoms with van der Waals surface area (Å²) in [7, 11) is 0. The molecule has 2 aromatic rings. The van der Waals surface area contributed by atoms with Gasteiger partial charge >= 0.3 is 0 Å². The first-order valence-electron chi connectivity index (χ1n) is 10.2. The molecule has 0 aliphatic heterocycles. The summed E-state index contributed by atoms with van der Waals surface area (Å²) < 4.78 is 0. The van der Waals surface area contributed by atoms with Crippen LogP contribution in [-0.2, 0) is 17.6 Å². The Labute approximate surface area is 188 Å². The number of benzene rings is 1. The molecular weight excluding hydrogens is 414 g/mol. The SMILES string of the molecule is Cc1ccc(NC(=O)C(C)Sc2nc3c(cc2C#N)CC(C(C)(C)C)CC3)cc1Cl. The Morgan fingerprint density at radius 2 is 2.10 bits per heavy atom. The van der Waals surface area contributed by atoms with Gasteiger partial charge in [0.1, 0.15) is 11.1 Å². The molecule has 30 heavy (non-hydrogen) atoms. The van der Waals surface area contributed by atoms with Crippen molar-refractivity contribution in [1.82, 2.24) is 4.98 Å². The van der Waals surface area contributed by atoms with Gasteiger partial charge in [-0.3, -0.25) is 4.79 Å². The minimum absolute atomic E-state index is 0.142. The second-order valence-electron chi connectivity index (χ2n) is 9.08. The summed E-state index contributed by atoms with van der Waals surface area (Å²) in [5, 5.41) is 13.4. The molecule has 2 atom stereocenters. The van der Waals surface area contributed by atoms with Crippen molar-refractivity contribution in [3.63, 3.8) is 0 Å². The van der Waals surface area contributed by atoms with E-state index in [1.165, 1.54) is 17.3 Å². The average Bonchev–Trinajstić information content (AvgIpc) is 2.69. The zero-order valence-electron chi connectivity index (χ0n) is 18.2. The number of carbonyl (C=O) groups excluding carboxylic acids is 1. The van der Waals surface area contributed by atoms with Gasteiger partial charge in [-0.2, -0.15) is 5.26 Å². The fraction of sp³-hybridized carbons (Fsp3) is 0.458. The molecule has 3 rings (SSSR count). The maximum atomic E-state index is 12.7. The van der Waals surface area contributed by atoms with Gasteiger partial charge in [-0.05, 0) is 73.8 Å². The van der Waals surface area contributed by atoms with Gasteiger partial charge < -0.3 is 5.32 Å². The minimum atomic E-state index is -0.395. The molecule has 1 amide bonds. The molecule has 0 saturated carbocycles. The molecule has 6 heteroatoms. The highest BCUT2D eigenvalue weighted by Crippen LogP contribution is 2.38. The number of halogens is 1. The molecule has 1 aliphatic carbocycles. The number of aromatic nitrogens is 1. The Hall–Kier alpha value is -2.03. The number of rotatable bonds is 4. The molecule has 1 aliphatic rings. The molecule has 158 valence electrons. The maximum absolute atomic E-state index is 12.7. The average molecular weight is 442 g/mol. The van der Waals surface area contributed by atoms with Crippen molar-refractivity contribution in [3.8, 4) is 6.07 Å². The van der Waals surface area contributed by atoms with Gasteiger partial charge in [0, 0.05) is 16.4 Å². The van der Waals surface area contributed by atoms with E-state index in [0.29, 0.717) is 27.2 Å². The molecule has 1 heterocycles. The molecule has 0 fully saturated rings. The number of nitriles is 1. The van der Waals surface area contributed by atoms with Crippen LogP contribution in [0.15, 0.2) is 29.3 Å². The molecule has 2 unspecified atom stereocenters. The van der Waals surface area contributed by atoms with Crippen molar-refractivity contribution in [1.29, 1.82) is 5.26 Å². The highest BCUT2D eigenvalue weighted by molar-refractivity contribution is 8.00. The highest BCUT2D eigenvalue weighted by atomic mass is 35.5. The molecule has 1 aromatic heterocycles. The quantitative estimate of drug-likeness (QED) is 0.575. The predicted molar refractivity (Wildman–Crippen MR) is 124 cm³/mol. The summed E-state index contributed by atoms with van der Waals surface area (Å²) in [5.41, 5.74) is 4.65. The van der Waals surface area contributed by atoms with E-state index < -0.39 is 5.25 Å².